The molecule has 3 aromatic carbocycles. The van der Waals surface area contributed by atoms with E-state index in [2.05, 4.69) is 26.2 Å². The zero-order valence-electron chi connectivity index (χ0n) is 28.1. The number of fused-ring (bicyclic) bond motifs is 1. The van der Waals surface area contributed by atoms with E-state index in [4.69, 9.17) is 5.73 Å². The molecule has 0 bridgehead atoms. The molecule has 0 aliphatic heterocycles. The quantitative estimate of drug-likeness (QED) is 0.0346. The number of hydrogen-bond acceptors (Lipinski definition) is 17. The SMILES string of the molecule is Cc1[nH]n(-c2ccc(S(=O)(=O)O)cc2)c(=O)c1NNc1ccc(C2=CC(=O)C(=NN=C3C=Cc4c(S(=O)(=O)[O-])cc(S(=O)(=O)[O-])c(N)c4C3=O)C=C2)cc1O.[Cu].[Cu]. The van der Waals surface area contributed by atoms with Crippen molar-refractivity contribution in [1.82, 2.24) is 9.78 Å². The Bertz CT molecular complexity index is 2930. The fraction of sp³-hybridized carbons (Fsp3) is 0.0312. The van der Waals surface area contributed by atoms with E-state index in [-0.39, 0.29) is 73.6 Å². The van der Waals surface area contributed by atoms with Crippen LogP contribution in [0.5, 0.6) is 5.75 Å². The number of allylic oxidation sites excluding steroid dienone is 5. The number of hydrogen-bond donors (Lipinski definition) is 6. The molecular weight excluding hydrogens is 914 g/mol. The van der Waals surface area contributed by atoms with Crippen molar-refractivity contribution in [1.29, 1.82) is 0 Å². The maximum atomic E-state index is 13.2. The van der Waals surface area contributed by atoms with E-state index in [1.54, 1.807) is 6.92 Å². The molecule has 25 heteroatoms. The fourth-order valence-electron chi connectivity index (χ4n) is 5.41. The van der Waals surface area contributed by atoms with Gasteiger partial charge in [-0.25, -0.2) is 21.5 Å². The summed E-state index contributed by atoms with van der Waals surface area (Å²) in [4.78, 5) is 36.3. The number of anilines is 3. The molecule has 0 unspecified atom stereocenters. The summed E-state index contributed by atoms with van der Waals surface area (Å²) < 4.78 is 103. The second kappa shape index (κ2) is 16.2. The molecule has 7 N–H and O–H groups in total. The van der Waals surface area contributed by atoms with Crippen LogP contribution in [0.4, 0.5) is 17.1 Å². The van der Waals surface area contributed by atoms with Crippen LogP contribution >= 0.6 is 0 Å². The molecule has 20 nitrogen and oxygen atoms in total. The number of benzene rings is 3. The number of aromatic nitrogens is 2. The standard InChI is InChI=1S/C32H25N7O13S3.2Cu/c1-15-30(32(43)39(38-15)18-4-6-19(7-5-18)53(44,45)46)37-35-22-10-3-17(13-25(22)41)16-2-9-21(24(40)12-16)34-36-23-11-8-20-26(54(47,48)49)14-27(55(50,51)52)29(33)28(20)31(23)42;;/h2-14,35,37-38,41H,33H2,1H3,(H,44,45,46)(H,47,48,49)(H,50,51,52);;/p-2. The Morgan fingerprint density at radius 3 is 2.00 bits per heavy atom. The molecule has 0 amide bonds. The van der Waals surface area contributed by atoms with Crippen LogP contribution in [0.25, 0.3) is 17.3 Å². The molecule has 0 saturated heterocycles. The monoisotopic (exact) mass is 935 g/mol. The predicted molar refractivity (Wildman–Crippen MR) is 193 cm³/mol. The van der Waals surface area contributed by atoms with Gasteiger partial charge in [-0.3, -0.25) is 34.9 Å². The van der Waals surface area contributed by atoms with Gasteiger partial charge in [-0.2, -0.15) is 8.42 Å². The molecule has 0 atom stereocenters. The summed E-state index contributed by atoms with van der Waals surface area (Å²) in [6, 6.07) is 9.43. The number of carbonyl (C=O) groups excluding carboxylic acids is 2. The second-order valence-electron chi connectivity index (χ2n) is 11.6. The summed E-state index contributed by atoms with van der Waals surface area (Å²) in [6.45, 7) is 1.58. The zero-order chi connectivity index (χ0) is 40.2. The van der Waals surface area contributed by atoms with E-state index < -0.39 is 79.8 Å². The van der Waals surface area contributed by atoms with Gasteiger partial charge in [0.25, 0.3) is 15.7 Å². The van der Waals surface area contributed by atoms with Crippen molar-refractivity contribution in [3.05, 3.63) is 106 Å². The number of phenols is 1. The molecule has 1 heterocycles. The van der Waals surface area contributed by atoms with Gasteiger partial charge in [0.15, 0.2) is 0 Å². The van der Waals surface area contributed by atoms with Gasteiger partial charge < -0.3 is 19.9 Å². The van der Waals surface area contributed by atoms with Crippen LogP contribution in [-0.2, 0) is 69.3 Å². The minimum absolute atomic E-state index is 0. The number of carbonyl (C=O) groups is 2. The molecule has 0 saturated carbocycles. The summed E-state index contributed by atoms with van der Waals surface area (Å²) in [6.07, 6.45) is 5.74. The van der Waals surface area contributed by atoms with Crippen molar-refractivity contribution in [2.45, 2.75) is 21.6 Å². The predicted octanol–water partition coefficient (Wildman–Crippen LogP) is 1.48. The Hall–Kier alpha value is -5.46. The Labute approximate surface area is 343 Å². The molecule has 0 spiro atoms. The van der Waals surface area contributed by atoms with Crippen LogP contribution in [-0.4, -0.2) is 76.8 Å². The van der Waals surface area contributed by atoms with E-state index in [1.807, 2.05) is 0 Å². The summed E-state index contributed by atoms with van der Waals surface area (Å²) in [7, 11) is -15.2. The van der Waals surface area contributed by atoms with Gasteiger partial charge >= 0.3 is 0 Å². The van der Waals surface area contributed by atoms with Gasteiger partial charge in [0.05, 0.1) is 43.0 Å². The van der Waals surface area contributed by atoms with Crippen molar-refractivity contribution in [2.75, 3.05) is 16.6 Å². The van der Waals surface area contributed by atoms with E-state index in [9.17, 15) is 58.4 Å². The number of Topliss-reactive ketones (excluding diaryl/α,β-unsaturated/α-hetero) is 1. The molecule has 1 aromatic heterocycles. The fourth-order valence-corrected chi connectivity index (χ4v) is 7.30. The van der Waals surface area contributed by atoms with Crippen molar-refractivity contribution in [3.8, 4) is 11.4 Å². The number of nitrogens with one attached hydrogen (secondary N) is 3. The van der Waals surface area contributed by atoms with Gasteiger partial charge in [-0.15, -0.1) is 10.2 Å². The third-order valence-electron chi connectivity index (χ3n) is 8.08. The number of hydrazine groups is 1. The number of ketones is 2. The van der Waals surface area contributed by atoms with Gasteiger partial charge in [0.1, 0.15) is 43.1 Å². The first-order chi connectivity index (χ1) is 25.6. The van der Waals surface area contributed by atoms with Crippen LogP contribution in [0.15, 0.2) is 103 Å². The van der Waals surface area contributed by atoms with E-state index in [0.29, 0.717) is 16.8 Å². The van der Waals surface area contributed by atoms with Crippen molar-refractivity contribution in [3.63, 3.8) is 0 Å². The number of aryl methyl sites for hydroxylation is 1. The molecular formula is C32H23Cu2N7O13S3-2. The average molecular weight is 937 g/mol. The topological polar surface area (TPSA) is 336 Å². The third kappa shape index (κ3) is 8.92. The number of H-pyrrole nitrogens is 1. The maximum absolute atomic E-state index is 13.2. The minimum atomic E-state index is -5.43. The Morgan fingerprint density at radius 1 is 0.807 bits per heavy atom. The molecule has 4 aromatic rings. The summed E-state index contributed by atoms with van der Waals surface area (Å²) >= 11 is 0. The van der Waals surface area contributed by atoms with Crippen molar-refractivity contribution >= 4 is 82.1 Å². The van der Waals surface area contributed by atoms with Gasteiger partial charge in [-0.05, 0) is 78.8 Å². The van der Waals surface area contributed by atoms with E-state index in [1.165, 1.54) is 42.5 Å². The summed E-state index contributed by atoms with van der Waals surface area (Å²) in [5, 5.41) is 21.0. The number of nitrogen functional groups attached to an aromatic ring is 1. The third-order valence-corrected chi connectivity index (χ3v) is 10.7. The molecule has 306 valence electrons. The number of aromatic amines is 1. The average Bonchev–Trinajstić information content (AvgIpc) is 3.38. The van der Waals surface area contributed by atoms with Gasteiger partial charge in [0.2, 0.25) is 11.6 Å². The Kier molecular flexibility index (Phi) is 12.6. The molecule has 2 aliphatic rings. The molecule has 57 heavy (non-hydrogen) atoms. The van der Waals surface area contributed by atoms with Crippen molar-refractivity contribution < 1.29 is 87.7 Å². The smallest absolute Gasteiger partial charge is 0.296 e. The number of nitrogens with zero attached hydrogens (tertiary/aromatic N) is 3. The Balaban J connectivity index is 0.00000360. The van der Waals surface area contributed by atoms with Gasteiger partial charge in [-0.1, -0.05) is 18.2 Å². The molecule has 2 radical (unpaired) electrons. The first-order valence-corrected chi connectivity index (χ1v) is 19.4. The second-order valence-corrected chi connectivity index (χ2v) is 15.7. The molecule has 2 aliphatic carbocycles. The van der Waals surface area contributed by atoms with Crippen LogP contribution in [0.1, 0.15) is 27.2 Å². The van der Waals surface area contributed by atoms with E-state index >= 15 is 0 Å². The summed E-state index contributed by atoms with van der Waals surface area (Å²) in [5.41, 5.74) is 9.08. The maximum Gasteiger partial charge on any atom is 0.296 e. The number of nitrogens with two attached hydrogens (primary N) is 1. The molecule has 0 fully saturated rings. The largest absolute Gasteiger partial charge is 0.744 e. The van der Waals surface area contributed by atoms with Crippen molar-refractivity contribution in [2.24, 2.45) is 10.2 Å². The first kappa shape index (κ1) is 44.3. The van der Waals surface area contributed by atoms with Crippen LogP contribution in [0, 0.1) is 6.92 Å². The zero-order valence-corrected chi connectivity index (χ0v) is 32.5. The van der Waals surface area contributed by atoms with Crippen LogP contribution in [0.3, 0.4) is 0 Å². The summed E-state index contributed by atoms with van der Waals surface area (Å²) in [5.74, 6) is -2.17. The van der Waals surface area contributed by atoms with Crippen LogP contribution < -0.4 is 22.1 Å². The first-order valence-electron chi connectivity index (χ1n) is 15.1. The minimum Gasteiger partial charge on any atom is -0.744 e. The number of phenolic OH excluding ortho intramolecular Hbond substituents is 1. The Morgan fingerprint density at radius 2 is 1.42 bits per heavy atom. The number of rotatable bonds is 9. The van der Waals surface area contributed by atoms with E-state index in [0.717, 1.165) is 35.0 Å². The normalized spacial score (nSPS) is 15.5. The van der Waals surface area contributed by atoms with Crippen LogP contribution in [0.2, 0.25) is 0 Å². The molecule has 6 rings (SSSR count). The number of aromatic hydroxyl groups is 1. The van der Waals surface area contributed by atoms with Gasteiger partial charge in [0, 0.05) is 39.7 Å².